The molecule has 0 saturated carbocycles. The van der Waals surface area contributed by atoms with Crippen LogP contribution in [0.5, 0.6) is 0 Å². The fourth-order valence-corrected chi connectivity index (χ4v) is 2.99. The van der Waals surface area contributed by atoms with E-state index >= 15 is 0 Å². The van der Waals surface area contributed by atoms with Gasteiger partial charge in [0, 0.05) is 6.26 Å². The third kappa shape index (κ3) is 3.19. The molecule has 3 aromatic rings. The van der Waals surface area contributed by atoms with Crippen LogP contribution in [0.4, 0.5) is 5.69 Å². The molecule has 0 atom stereocenters. The molecular formula is C16H13N3O3S. The molecule has 1 amide bonds. The first-order valence-corrected chi connectivity index (χ1v) is 8.66. The third-order valence-electron chi connectivity index (χ3n) is 3.22. The highest BCUT2D eigenvalue weighted by Gasteiger charge is 2.16. The summed E-state index contributed by atoms with van der Waals surface area (Å²) in [6.45, 7) is 0. The number of amides is 1. The zero-order chi connectivity index (χ0) is 16.4. The highest BCUT2D eigenvalue weighted by molar-refractivity contribution is 7.90. The molecule has 0 radical (unpaired) electrons. The summed E-state index contributed by atoms with van der Waals surface area (Å²) in [7, 11) is -3.45. The minimum absolute atomic E-state index is 0.0575. The fourth-order valence-electron chi connectivity index (χ4n) is 2.15. The molecule has 1 N–H and O–H groups in total. The maximum atomic E-state index is 12.3. The molecule has 0 bridgehead atoms. The van der Waals surface area contributed by atoms with Gasteiger partial charge in [-0.05, 0) is 24.3 Å². The maximum Gasteiger partial charge on any atom is 0.275 e. The summed E-state index contributed by atoms with van der Waals surface area (Å²) in [5.74, 6) is -0.514. The van der Waals surface area contributed by atoms with Gasteiger partial charge < -0.3 is 5.32 Å². The van der Waals surface area contributed by atoms with Gasteiger partial charge >= 0.3 is 0 Å². The van der Waals surface area contributed by atoms with Crippen molar-refractivity contribution in [3.63, 3.8) is 0 Å². The van der Waals surface area contributed by atoms with Gasteiger partial charge in [-0.2, -0.15) is 0 Å². The van der Waals surface area contributed by atoms with Crippen LogP contribution in [0, 0.1) is 0 Å². The van der Waals surface area contributed by atoms with Crippen LogP contribution in [0.3, 0.4) is 0 Å². The number of hydrogen-bond donors (Lipinski definition) is 1. The molecule has 1 heterocycles. The Hall–Kier alpha value is -2.80. The molecule has 0 unspecified atom stereocenters. The van der Waals surface area contributed by atoms with Crippen LogP contribution in [0.2, 0.25) is 0 Å². The summed E-state index contributed by atoms with van der Waals surface area (Å²) in [4.78, 5) is 20.8. The van der Waals surface area contributed by atoms with E-state index in [1.807, 2.05) is 6.07 Å². The lowest BCUT2D eigenvalue weighted by molar-refractivity contribution is 0.102. The molecule has 0 aliphatic heterocycles. The summed E-state index contributed by atoms with van der Waals surface area (Å²) in [5, 5.41) is 2.58. The summed E-state index contributed by atoms with van der Waals surface area (Å²) in [5.41, 5.74) is 1.61. The highest BCUT2D eigenvalue weighted by Crippen LogP contribution is 2.21. The Morgan fingerprint density at radius 2 is 1.65 bits per heavy atom. The lowest BCUT2D eigenvalue weighted by Gasteiger charge is -2.09. The van der Waals surface area contributed by atoms with Crippen molar-refractivity contribution in [2.45, 2.75) is 4.90 Å². The first-order valence-electron chi connectivity index (χ1n) is 6.77. The largest absolute Gasteiger partial charge is 0.319 e. The predicted molar refractivity (Wildman–Crippen MR) is 87.0 cm³/mol. The van der Waals surface area contributed by atoms with Gasteiger partial charge in [0.05, 0.1) is 27.8 Å². The van der Waals surface area contributed by atoms with Gasteiger partial charge in [0.15, 0.2) is 9.84 Å². The lowest BCUT2D eigenvalue weighted by atomic mass is 10.2. The second-order valence-electron chi connectivity index (χ2n) is 4.97. The quantitative estimate of drug-likeness (QED) is 0.797. The zero-order valence-electron chi connectivity index (χ0n) is 12.2. The molecule has 0 saturated heterocycles. The van der Waals surface area contributed by atoms with Crippen molar-refractivity contribution in [1.29, 1.82) is 0 Å². The number of para-hydroxylation sites is 3. The van der Waals surface area contributed by atoms with Gasteiger partial charge in [-0.15, -0.1) is 0 Å². The molecule has 7 heteroatoms. The van der Waals surface area contributed by atoms with Gasteiger partial charge in [-0.3, -0.25) is 9.78 Å². The third-order valence-corrected chi connectivity index (χ3v) is 4.37. The van der Waals surface area contributed by atoms with E-state index in [-0.39, 0.29) is 16.3 Å². The van der Waals surface area contributed by atoms with Crippen LogP contribution in [-0.4, -0.2) is 30.5 Å². The number of sulfone groups is 1. The van der Waals surface area contributed by atoms with E-state index < -0.39 is 15.7 Å². The number of hydrogen-bond acceptors (Lipinski definition) is 5. The Kier molecular flexibility index (Phi) is 3.79. The standard InChI is InChI=1S/C16H13N3O3S/c1-23(21,22)15-9-5-4-8-13(15)19-16(20)14-10-17-11-6-2-3-7-12(11)18-14/h2-10H,1H3,(H,19,20). The molecule has 23 heavy (non-hydrogen) atoms. The van der Waals surface area contributed by atoms with Crippen LogP contribution in [0.1, 0.15) is 10.5 Å². The summed E-state index contributed by atoms with van der Waals surface area (Å²) in [6.07, 6.45) is 2.45. The second-order valence-corrected chi connectivity index (χ2v) is 6.95. The number of rotatable bonds is 3. The number of anilines is 1. The van der Waals surface area contributed by atoms with E-state index in [9.17, 15) is 13.2 Å². The molecule has 116 valence electrons. The Bertz CT molecular complexity index is 1000. The molecule has 0 fully saturated rings. The van der Waals surface area contributed by atoms with Gasteiger partial charge in [0.2, 0.25) is 0 Å². The number of nitrogens with one attached hydrogen (secondary N) is 1. The number of fused-ring (bicyclic) bond motifs is 1. The molecule has 0 spiro atoms. The topological polar surface area (TPSA) is 89.0 Å². The lowest BCUT2D eigenvalue weighted by Crippen LogP contribution is -2.16. The Balaban J connectivity index is 1.95. The minimum atomic E-state index is -3.45. The summed E-state index contributed by atoms with van der Waals surface area (Å²) >= 11 is 0. The molecule has 1 aromatic heterocycles. The van der Waals surface area contributed by atoms with Crippen molar-refractivity contribution < 1.29 is 13.2 Å². The average molecular weight is 327 g/mol. The van der Waals surface area contributed by atoms with Crippen molar-refractivity contribution in [3.8, 4) is 0 Å². The highest BCUT2D eigenvalue weighted by atomic mass is 32.2. The van der Waals surface area contributed by atoms with Crippen LogP contribution in [0.25, 0.3) is 11.0 Å². The van der Waals surface area contributed by atoms with Crippen molar-refractivity contribution in [2.75, 3.05) is 11.6 Å². The van der Waals surface area contributed by atoms with E-state index in [0.717, 1.165) is 6.26 Å². The van der Waals surface area contributed by atoms with Crippen LogP contribution < -0.4 is 5.32 Å². The van der Waals surface area contributed by atoms with Crippen molar-refractivity contribution in [1.82, 2.24) is 9.97 Å². The molecule has 0 aliphatic rings. The van der Waals surface area contributed by atoms with Crippen LogP contribution >= 0.6 is 0 Å². The molecule has 3 rings (SSSR count). The fraction of sp³-hybridized carbons (Fsp3) is 0.0625. The van der Waals surface area contributed by atoms with Crippen LogP contribution in [-0.2, 0) is 9.84 Å². The van der Waals surface area contributed by atoms with Gasteiger partial charge in [0.1, 0.15) is 5.69 Å². The van der Waals surface area contributed by atoms with E-state index in [2.05, 4.69) is 15.3 Å². The Morgan fingerprint density at radius 3 is 2.39 bits per heavy atom. The number of benzene rings is 2. The normalized spacial score (nSPS) is 11.3. The van der Waals surface area contributed by atoms with E-state index in [1.165, 1.54) is 18.3 Å². The summed E-state index contributed by atoms with van der Waals surface area (Å²) < 4.78 is 23.5. The predicted octanol–water partition coefficient (Wildman–Crippen LogP) is 2.29. The molecule has 2 aromatic carbocycles. The van der Waals surface area contributed by atoms with Crippen molar-refractivity contribution >= 4 is 32.5 Å². The molecule has 0 aliphatic carbocycles. The first kappa shape index (κ1) is 15.1. The smallest absolute Gasteiger partial charge is 0.275 e. The monoisotopic (exact) mass is 327 g/mol. The van der Waals surface area contributed by atoms with Gasteiger partial charge in [0.25, 0.3) is 5.91 Å². The van der Waals surface area contributed by atoms with Gasteiger partial charge in [-0.1, -0.05) is 24.3 Å². The maximum absolute atomic E-state index is 12.3. The van der Waals surface area contributed by atoms with E-state index in [4.69, 9.17) is 0 Å². The molecule has 6 nitrogen and oxygen atoms in total. The van der Waals surface area contributed by atoms with Gasteiger partial charge in [-0.25, -0.2) is 13.4 Å². The zero-order valence-corrected chi connectivity index (χ0v) is 13.0. The SMILES string of the molecule is CS(=O)(=O)c1ccccc1NC(=O)c1cnc2ccccc2n1. The minimum Gasteiger partial charge on any atom is -0.319 e. The second kappa shape index (κ2) is 5.77. The number of carbonyl (C=O) groups excluding carboxylic acids is 1. The summed E-state index contributed by atoms with van der Waals surface area (Å²) in [6, 6.07) is 13.4. The Morgan fingerprint density at radius 1 is 1.00 bits per heavy atom. The average Bonchev–Trinajstić information content (AvgIpc) is 2.54. The number of carbonyl (C=O) groups is 1. The number of aromatic nitrogens is 2. The van der Waals surface area contributed by atoms with Crippen molar-refractivity contribution in [3.05, 3.63) is 60.4 Å². The Labute approximate surface area is 133 Å². The van der Waals surface area contributed by atoms with E-state index in [1.54, 1.807) is 30.3 Å². The molecular weight excluding hydrogens is 314 g/mol. The number of nitrogens with zero attached hydrogens (tertiary/aromatic N) is 2. The van der Waals surface area contributed by atoms with Crippen LogP contribution in [0.15, 0.2) is 59.6 Å². The van der Waals surface area contributed by atoms with E-state index in [0.29, 0.717) is 11.0 Å². The van der Waals surface area contributed by atoms with Crippen molar-refractivity contribution in [2.24, 2.45) is 0 Å². The first-order chi connectivity index (χ1) is 10.9.